The Morgan fingerprint density at radius 2 is 2.32 bits per heavy atom. The third-order valence-electron chi connectivity index (χ3n) is 3.77. The Morgan fingerprint density at radius 1 is 1.42 bits per heavy atom. The maximum atomic E-state index is 12.3. The number of hydrogen-bond donors (Lipinski definition) is 0. The van der Waals surface area contributed by atoms with Crippen LogP contribution >= 0.6 is 22.9 Å². The molecule has 1 aromatic heterocycles. The summed E-state index contributed by atoms with van der Waals surface area (Å²) in [5.74, 6) is 0.875. The summed E-state index contributed by atoms with van der Waals surface area (Å²) in [4.78, 5) is 15.7. The molecule has 1 amide bonds. The molecule has 2 heterocycles. The number of amides is 1. The molecule has 1 aromatic rings. The highest BCUT2D eigenvalue weighted by Crippen LogP contribution is 2.20. The lowest BCUT2D eigenvalue weighted by Crippen LogP contribution is -2.41. The van der Waals surface area contributed by atoms with Crippen LogP contribution in [-0.2, 0) is 11.2 Å². The van der Waals surface area contributed by atoms with Gasteiger partial charge in [-0.25, -0.2) is 0 Å². The van der Waals surface area contributed by atoms with Crippen LogP contribution in [0, 0.1) is 0 Å². The summed E-state index contributed by atoms with van der Waals surface area (Å²) in [6, 6.07) is 4.47. The molecule has 0 radical (unpaired) electrons. The van der Waals surface area contributed by atoms with E-state index in [2.05, 4.69) is 17.5 Å². The molecule has 1 aliphatic heterocycles. The summed E-state index contributed by atoms with van der Waals surface area (Å²) >= 11 is 7.79. The first-order valence-corrected chi connectivity index (χ1v) is 8.60. The molecular formula is C15H22ClNOS. The van der Waals surface area contributed by atoms with Gasteiger partial charge in [-0.3, -0.25) is 4.79 Å². The number of rotatable bonds is 5. The lowest BCUT2D eigenvalue weighted by atomic mass is 10.1. The van der Waals surface area contributed by atoms with E-state index in [0.29, 0.717) is 18.2 Å². The Balaban J connectivity index is 1.80. The molecule has 0 aromatic carbocycles. The number of likely N-dealkylation sites (tertiary alicyclic amines) is 1. The number of thiophene rings is 1. The van der Waals surface area contributed by atoms with Crippen molar-refractivity contribution >= 4 is 28.8 Å². The third-order valence-corrected chi connectivity index (χ3v) is 5.06. The minimum atomic E-state index is 0.262. The fourth-order valence-electron chi connectivity index (χ4n) is 2.68. The van der Waals surface area contributed by atoms with E-state index in [4.69, 9.17) is 11.6 Å². The molecule has 2 rings (SSSR count). The Hall–Kier alpha value is -0.540. The van der Waals surface area contributed by atoms with Gasteiger partial charge in [-0.1, -0.05) is 18.9 Å². The van der Waals surface area contributed by atoms with Crippen LogP contribution in [0.3, 0.4) is 0 Å². The number of carbonyl (C=O) groups excluding carboxylic acids is 1. The van der Waals surface area contributed by atoms with Crippen LogP contribution in [0.1, 0.15) is 43.4 Å². The van der Waals surface area contributed by atoms with Crippen molar-refractivity contribution in [3.05, 3.63) is 22.4 Å². The van der Waals surface area contributed by atoms with Crippen LogP contribution in [-0.4, -0.2) is 29.3 Å². The molecule has 1 atom stereocenters. The van der Waals surface area contributed by atoms with Gasteiger partial charge in [-0.15, -0.1) is 22.9 Å². The average molecular weight is 300 g/mol. The second-order valence-corrected chi connectivity index (χ2v) is 6.52. The molecule has 0 spiro atoms. The fraction of sp³-hybridized carbons (Fsp3) is 0.667. The first kappa shape index (κ1) is 14.9. The number of halogens is 1. The molecule has 0 bridgehead atoms. The topological polar surface area (TPSA) is 20.3 Å². The van der Waals surface area contributed by atoms with Gasteiger partial charge in [0, 0.05) is 29.8 Å². The Kier molecular flexibility index (Phi) is 6.18. The van der Waals surface area contributed by atoms with Crippen molar-refractivity contribution in [2.75, 3.05) is 12.4 Å². The molecule has 2 nitrogen and oxygen atoms in total. The highest BCUT2D eigenvalue weighted by Gasteiger charge is 2.24. The van der Waals surface area contributed by atoms with E-state index in [9.17, 15) is 4.79 Å². The monoisotopic (exact) mass is 299 g/mol. The lowest BCUT2D eigenvalue weighted by Gasteiger charge is -2.28. The van der Waals surface area contributed by atoms with Crippen LogP contribution in [0.15, 0.2) is 17.5 Å². The van der Waals surface area contributed by atoms with Crippen LogP contribution in [0.5, 0.6) is 0 Å². The SMILES string of the molecule is O=C(CCCc1cccs1)N1CCCCCC1CCl. The number of carbonyl (C=O) groups is 1. The number of aryl methyl sites for hydroxylation is 1. The highest BCUT2D eigenvalue weighted by molar-refractivity contribution is 7.09. The van der Waals surface area contributed by atoms with Crippen molar-refractivity contribution in [1.82, 2.24) is 4.90 Å². The molecule has 0 saturated carbocycles. The Bertz CT molecular complexity index is 380. The van der Waals surface area contributed by atoms with Gasteiger partial charge in [-0.05, 0) is 37.1 Å². The van der Waals surface area contributed by atoms with E-state index in [-0.39, 0.29) is 6.04 Å². The van der Waals surface area contributed by atoms with E-state index in [1.807, 2.05) is 4.90 Å². The minimum Gasteiger partial charge on any atom is -0.339 e. The maximum absolute atomic E-state index is 12.3. The zero-order valence-corrected chi connectivity index (χ0v) is 12.9. The molecular weight excluding hydrogens is 278 g/mol. The first-order chi connectivity index (χ1) is 9.31. The maximum Gasteiger partial charge on any atom is 0.222 e. The van der Waals surface area contributed by atoms with Crippen LogP contribution in [0.2, 0.25) is 0 Å². The summed E-state index contributed by atoms with van der Waals surface area (Å²) in [5, 5.41) is 2.09. The summed E-state index contributed by atoms with van der Waals surface area (Å²) < 4.78 is 0. The van der Waals surface area contributed by atoms with Gasteiger partial charge in [0.15, 0.2) is 0 Å². The smallest absolute Gasteiger partial charge is 0.222 e. The normalized spacial score (nSPS) is 20.3. The van der Waals surface area contributed by atoms with Crippen molar-refractivity contribution in [3.63, 3.8) is 0 Å². The number of hydrogen-bond acceptors (Lipinski definition) is 2. The minimum absolute atomic E-state index is 0.262. The van der Waals surface area contributed by atoms with Crippen molar-refractivity contribution in [3.8, 4) is 0 Å². The van der Waals surface area contributed by atoms with E-state index in [1.54, 1.807) is 11.3 Å². The third kappa shape index (κ3) is 4.50. The molecule has 19 heavy (non-hydrogen) atoms. The van der Waals surface area contributed by atoms with Gasteiger partial charge in [0.25, 0.3) is 0 Å². The standard InChI is InChI=1S/C15H22ClNOS/c16-12-13-6-2-1-3-10-17(13)15(18)9-4-7-14-8-5-11-19-14/h5,8,11,13H,1-4,6-7,9-10,12H2. The van der Waals surface area contributed by atoms with Gasteiger partial charge in [0.1, 0.15) is 0 Å². The zero-order valence-electron chi connectivity index (χ0n) is 11.3. The van der Waals surface area contributed by atoms with E-state index < -0.39 is 0 Å². The molecule has 4 heteroatoms. The molecule has 106 valence electrons. The second kappa shape index (κ2) is 7.91. The van der Waals surface area contributed by atoms with Crippen molar-refractivity contribution in [2.24, 2.45) is 0 Å². The van der Waals surface area contributed by atoms with E-state index in [1.165, 1.54) is 17.7 Å². The molecule has 1 unspecified atom stereocenters. The van der Waals surface area contributed by atoms with E-state index >= 15 is 0 Å². The van der Waals surface area contributed by atoms with Crippen molar-refractivity contribution in [1.29, 1.82) is 0 Å². The Morgan fingerprint density at radius 3 is 3.05 bits per heavy atom. The largest absolute Gasteiger partial charge is 0.339 e. The van der Waals surface area contributed by atoms with Crippen LogP contribution in [0.25, 0.3) is 0 Å². The van der Waals surface area contributed by atoms with Crippen LogP contribution < -0.4 is 0 Å². The highest BCUT2D eigenvalue weighted by atomic mass is 35.5. The summed E-state index contributed by atoms with van der Waals surface area (Å²) in [6.07, 6.45) is 7.26. The Labute approximate surface area is 124 Å². The number of alkyl halides is 1. The lowest BCUT2D eigenvalue weighted by molar-refractivity contribution is -0.133. The van der Waals surface area contributed by atoms with E-state index in [0.717, 1.165) is 32.2 Å². The molecule has 1 aliphatic rings. The summed E-state index contributed by atoms with van der Waals surface area (Å²) in [7, 11) is 0. The van der Waals surface area contributed by atoms with Gasteiger partial charge in [0.2, 0.25) is 5.91 Å². The van der Waals surface area contributed by atoms with Gasteiger partial charge in [-0.2, -0.15) is 0 Å². The average Bonchev–Trinajstić information content (AvgIpc) is 2.81. The quantitative estimate of drug-likeness (QED) is 0.750. The molecule has 0 aliphatic carbocycles. The summed E-state index contributed by atoms with van der Waals surface area (Å²) in [5.41, 5.74) is 0. The fourth-order valence-corrected chi connectivity index (χ4v) is 3.75. The van der Waals surface area contributed by atoms with Crippen LogP contribution in [0.4, 0.5) is 0 Å². The van der Waals surface area contributed by atoms with Crippen molar-refractivity contribution in [2.45, 2.75) is 51.0 Å². The van der Waals surface area contributed by atoms with Crippen molar-refractivity contribution < 1.29 is 4.79 Å². The van der Waals surface area contributed by atoms with Gasteiger partial charge < -0.3 is 4.90 Å². The zero-order chi connectivity index (χ0) is 13.5. The molecule has 0 N–H and O–H groups in total. The van der Waals surface area contributed by atoms with Gasteiger partial charge >= 0.3 is 0 Å². The molecule has 1 fully saturated rings. The predicted octanol–water partition coefficient (Wildman–Crippen LogP) is 4.08. The van der Waals surface area contributed by atoms with Gasteiger partial charge in [0.05, 0.1) is 0 Å². The first-order valence-electron chi connectivity index (χ1n) is 7.19. The molecule has 1 saturated heterocycles. The second-order valence-electron chi connectivity index (χ2n) is 5.18. The number of nitrogens with zero attached hydrogens (tertiary/aromatic N) is 1. The predicted molar refractivity (Wildman–Crippen MR) is 81.9 cm³/mol. The summed E-state index contributed by atoms with van der Waals surface area (Å²) in [6.45, 7) is 0.898.